The van der Waals surface area contributed by atoms with Crippen molar-refractivity contribution in [3.63, 3.8) is 0 Å². The molecule has 3 aliphatic rings. The van der Waals surface area contributed by atoms with Crippen LogP contribution in [-0.4, -0.2) is 33.1 Å². The number of carbonyl (C=O) groups excluding carboxylic acids is 2. The van der Waals surface area contributed by atoms with E-state index in [0.29, 0.717) is 0 Å². The number of halogens is 1. The van der Waals surface area contributed by atoms with Gasteiger partial charge in [-0.1, -0.05) is 12.2 Å². The van der Waals surface area contributed by atoms with Crippen molar-refractivity contribution in [3.05, 3.63) is 44.4 Å². The molecule has 2 amide bonds. The molecule has 25 heavy (non-hydrogen) atoms. The maximum atomic E-state index is 12.5. The quantitative estimate of drug-likeness (QED) is 0.272. The van der Waals surface area contributed by atoms with Gasteiger partial charge in [0.25, 0.3) is 11.8 Å². The van der Waals surface area contributed by atoms with Gasteiger partial charge in [-0.05, 0) is 40.3 Å². The van der Waals surface area contributed by atoms with Gasteiger partial charge in [-0.25, -0.2) is 0 Å². The van der Waals surface area contributed by atoms with E-state index in [1.165, 1.54) is 12.3 Å². The monoisotopic (exact) mass is 405 g/mol. The predicted molar refractivity (Wildman–Crippen MR) is 89.6 cm³/mol. The molecule has 128 valence electrons. The largest absolute Gasteiger partial charge is 0.501 e. The summed E-state index contributed by atoms with van der Waals surface area (Å²) >= 11 is 3.03. The Hall–Kier alpha value is -2.55. The Balaban J connectivity index is 1.62. The summed E-state index contributed by atoms with van der Waals surface area (Å²) in [5, 5.41) is 25.5. The molecule has 8 nitrogen and oxygen atoms in total. The molecule has 2 bridgehead atoms. The lowest BCUT2D eigenvalue weighted by Crippen LogP contribution is -2.28. The number of phenols is 1. The summed E-state index contributed by atoms with van der Waals surface area (Å²) < 4.78 is 0.126. The lowest BCUT2D eigenvalue weighted by Gasteiger charge is -2.13. The maximum absolute atomic E-state index is 12.5. The molecule has 9 heteroatoms. The number of hydrogen-bond donors (Lipinski definition) is 1. The normalized spacial score (nSPS) is 29.9. The van der Waals surface area contributed by atoms with Crippen LogP contribution in [0.3, 0.4) is 0 Å². The molecule has 1 aromatic rings. The van der Waals surface area contributed by atoms with Gasteiger partial charge < -0.3 is 5.11 Å². The number of nitro benzene ring substituents is 1. The molecule has 2 fully saturated rings. The Morgan fingerprint density at radius 1 is 1.24 bits per heavy atom. The number of benzene rings is 1. The first kappa shape index (κ1) is 15.9. The highest BCUT2D eigenvalue weighted by Crippen LogP contribution is 2.52. The minimum atomic E-state index is -0.725. The van der Waals surface area contributed by atoms with Crippen molar-refractivity contribution in [1.29, 1.82) is 0 Å². The van der Waals surface area contributed by atoms with Crippen molar-refractivity contribution >= 4 is 39.6 Å². The van der Waals surface area contributed by atoms with Crippen molar-refractivity contribution in [3.8, 4) is 5.75 Å². The van der Waals surface area contributed by atoms with Crippen LogP contribution in [0, 0.1) is 33.8 Å². The first-order valence-corrected chi connectivity index (χ1v) is 8.45. The van der Waals surface area contributed by atoms with E-state index >= 15 is 0 Å². The van der Waals surface area contributed by atoms with Crippen molar-refractivity contribution in [2.45, 2.75) is 6.42 Å². The fourth-order valence-electron chi connectivity index (χ4n) is 3.94. The van der Waals surface area contributed by atoms with Gasteiger partial charge >= 0.3 is 5.69 Å². The van der Waals surface area contributed by atoms with Crippen LogP contribution in [0.25, 0.3) is 0 Å². The predicted octanol–water partition coefficient (Wildman–Crippen LogP) is 2.20. The van der Waals surface area contributed by atoms with Crippen molar-refractivity contribution in [2.24, 2.45) is 28.8 Å². The number of amides is 2. The standard InChI is InChI=1S/C16H12BrN3O5/c17-10-3-7(4-11(14(10)21)20(24)25)6-18-19-15(22)12-8-1-2-9(5-8)13(12)16(19)23/h1-4,6,8-9,12-13,21H,5H2. The number of allylic oxidation sites excluding steroid dienone is 2. The number of carbonyl (C=O) groups is 2. The highest BCUT2D eigenvalue weighted by atomic mass is 79.9. The summed E-state index contributed by atoms with van der Waals surface area (Å²) in [6, 6.07) is 2.55. The lowest BCUT2D eigenvalue weighted by atomic mass is 9.85. The number of aromatic hydroxyl groups is 1. The lowest BCUT2D eigenvalue weighted by molar-refractivity contribution is -0.386. The third kappa shape index (κ3) is 2.30. The van der Waals surface area contributed by atoms with E-state index in [1.807, 2.05) is 12.2 Å². The second-order valence-electron chi connectivity index (χ2n) is 6.36. The molecule has 1 heterocycles. The number of nitrogens with zero attached hydrogens (tertiary/aromatic N) is 3. The van der Waals surface area contributed by atoms with E-state index in [4.69, 9.17) is 0 Å². The Bertz CT molecular complexity index is 851. The Morgan fingerprint density at radius 3 is 2.40 bits per heavy atom. The van der Waals surface area contributed by atoms with Crippen molar-refractivity contribution in [2.75, 3.05) is 0 Å². The molecule has 4 rings (SSSR count). The minimum Gasteiger partial charge on any atom is -0.501 e. The molecule has 1 aromatic carbocycles. The Labute approximate surface area is 150 Å². The third-order valence-electron chi connectivity index (χ3n) is 5.03. The Morgan fingerprint density at radius 2 is 1.84 bits per heavy atom. The first-order chi connectivity index (χ1) is 11.9. The molecule has 2 aliphatic carbocycles. The molecular formula is C16H12BrN3O5. The second-order valence-corrected chi connectivity index (χ2v) is 7.21. The summed E-state index contributed by atoms with van der Waals surface area (Å²) in [6.07, 6.45) is 6.03. The van der Waals surface area contributed by atoms with Gasteiger partial charge in [-0.15, -0.1) is 0 Å². The van der Waals surface area contributed by atoms with Gasteiger partial charge in [0.05, 0.1) is 27.4 Å². The average molecular weight is 406 g/mol. The van der Waals surface area contributed by atoms with Gasteiger partial charge in [0.15, 0.2) is 0 Å². The summed E-state index contributed by atoms with van der Waals surface area (Å²) in [5.41, 5.74) is -0.204. The van der Waals surface area contributed by atoms with Crippen LogP contribution in [0.5, 0.6) is 5.75 Å². The zero-order valence-corrected chi connectivity index (χ0v) is 14.3. The molecule has 1 N–H and O–H groups in total. The van der Waals surface area contributed by atoms with E-state index in [0.717, 1.165) is 17.5 Å². The molecule has 0 spiro atoms. The molecule has 0 aromatic heterocycles. The van der Waals surface area contributed by atoms with Gasteiger partial charge in [0, 0.05) is 11.6 Å². The van der Waals surface area contributed by atoms with Crippen LogP contribution in [0.2, 0.25) is 0 Å². The number of fused-ring (bicyclic) bond motifs is 5. The van der Waals surface area contributed by atoms with Crippen LogP contribution < -0.4 is 0 Å². The van der Waals surface area contributed by atoms with Gasteiger partial charge in [-0.3, -0.25) is 19.7 Å². The third-order valence-corrected chi connectivity index (χ3v) is 5.64. The SMILES string of the molecule is O=C1C2C3C=CC(C3)C2C(=O)N1N=Cc1cc(Br)c(O)c([N+](=O)[O-])c1. The molecule has 1 saturated heterocycles. The molecule has 4 unspecified atom stereocenters. The number of imide groups is 1. The number of nitro groups is 1. The van der Waals surface area contributed by atoms with Crippen LogP contribution in [0.15, 0.2) is 33.9 Å². The van der Waals surface area contributed by atoms with E-state index in [1.54, 1.807) is 0 Å². The molecule has 4 atom stereocenters. The second kappa shape index (κ2) is 5.48. The Kier molecular flexibility index (Phi) is 3.50. The molecule has 1 aliphatic heterocycles. The zero-order chi connectivity index (χ0) is 17.9. The van der Waals surface area contributed by atoms with E-state index in [2.05, 4.69) is 21.0 Å². The summed E-state index contributed by atoms with van der Waals surface area (Å²) in [6.45, 7) is 0. The highest BCUT2D eigenvalue weighted by molar-refractivity contribution is 9.10. The van der Waals surface area contributed by atoms with Crippen LogP contribution in [0.4, 0.5) is 5.69 Å². The molecular weight excluding hydrogens is 394 g/mol. The first-order valence-electron chi connectivity index (χ1n) is 7.65. The topological polar surface area (TPSA) is 113 Å². The van der Waals surface area contributed by atoms with E-state index in [9.17, 15) is 24.8 Å². The molecule has 1 saturated carbocycles. The smallest absolute Gasteiger partial charge is 0.312 e. The number of hydrogen-bond acceptors (Lipinski definition) is 6. The number of hydrazone groups is 1. The average Bonchev–Trinajstić information content (AvgIpc) is 3.23. The van der Waals surface area contributed by atoms with Gasteiger partial charge in [-0.2, -0.15) is 10.1 Å². The maximum Gasteiger partial charge on any atom is 0.312 e. The minimum absolute atomic E-state index is 0.0931. The van der Waals surface area contributed by atoms with Crippen LogP contribution >= 0.6 is 15.9 Å². The fraction of sp³-hybridized carbons (Fsp3) is 0.312. The number of phenolic OH excluding ortho intramolecular Hbond substituents is 1. The zero-order valence-electron chi connectivity index (χ0n) is 12.7. The van der Waals surface area contributed by atoms with Gasteiger partial charge in [0.1, 0.15) is 0 Å². The highest BCUT2D eigenvalue weighted by Gasteiger charge is 2.59. The van der Waals surface area contributed by atoms with E-state index < -0.39 is 16.4 Å². The van der Waals surface area contributed by atoms with Gasteiger partial charge in [0.2, 0.25) is 5.75 Å². The summed E-state index contributed by atoms with van der Waals surface area (Å²) in [7, 11) is 0. The van der Waals surface area contributed by atoms with Crippen molar-refractivity contribution < 1.29 is 19.6 Å². The fourth-order valence-corrected chi connectivity index (χ4v) is 4.41. The van der Waals surface area contributed by atoms with E-state index in [-0.39, 0.29) is 45.5 Å². The summed E-state index contributed by atoms with van der Waals surface area (Å²) in [4.78, 5) is 35.2. The van der Waals surface area contributed by atoms with Crippen LogP contribution in [0.1, 0.15) is 12.0 Å². The molecule has 0 radical (unpaired) electrons. The number of rotatable bonds is 3. The summed E-state index contributed by atoms with van der Waals surface area (Å²) in [5.74, 6) is -1.65. The van der Waals surface area contributed by atoms with Crippen LogP contribution in [-0.2, 0) is 9.59 Å². The van der Waals surface area contributed by atoms with Crippen molar-refractivity contribution in [1.82, 2.24) is 5.01 Å².